The third-order valence-corrected chi connectivity index (χ3v) is 4.83. The molecule has 0 saturated carbocycles. The minimum absolute atomic E-state index is 0.0512. The van der Waals surface area contributed by atoms with Crippen molar-refractivity contribution in [1.82, 2.24) is 15.2 Å². The van der Waals surface area contributed by atoms with Crippen LogP contribution in [0.3, 0.4) is 0 Å². The van der Waals surface area contributed by atoms with E-state index < -0.39 is 11.9 Å². The molecule has 2 aliphatic heterocycles. The van der Waals surface area contributed by atoms with Crippen LogP contribution < -0.4 is 5.32 Å². The molecule has 142 valence electrons. The maximum Gasteiger partial charge on any atom is 0.328 e. The van der Waals surface area contributed by atoms with Crippen LogP contribution in [0, 0.1) is 5.92 Å². The maximum absolute atomic E-state index is 12.3. The second kappa shape index (κ2) is 8.05. The molecule has 0 spiro atoms. The van der Waals surface area contributed by atoms with Crippen LogP contribution in [0.1, 0.15) is 16.8 Å². The molecule has 2 bridgehead atoms. The van der Waals surface area contributed by atoms with Gasteiger partial charge in [0.15, 0.2) is 0 Å². The van der Waals surface area contributed by atoms with E-state index in [9.17, 15) is 14.4 Å². The van der Waals surface area contributed by atoms with Crippen molar-refractivity contribution < 1.29 is 24.6 Å². The molecule has 8 nitrogen and oxygen atoms in total. The minimum atomic E-state index is -1.26. The Morgan fingerprint density at radius 3 is 2.44 bits per heavy atom. The predicted octanol–water partition coefficient (Wildman–Crippen LogP) is 1.31. The molecule has 27 heavy (non-hydrogen) atoms. The molecule has 1 aromatic heterocycles. The van der Waals surface area contributed by atoms with Gasteiger partial charge < -0.3 is 25.4 Å². The topological polar surface area (TPSA) is 123 Å². The number of carboxylic acid groups (broad SMARTS) is 2. The number of aromatic amines is 1. The van der Waals surface area contributed by atoms with E-state index in [1.54, 1.807) is 0 Å². The molecule has 0 aliphatic carbocycles. The first kappa shape index (κ1) is 18.7. The van der Waals surface area contributed by atoms with Gasteiger partial charge in [-0.3, -0.25) is 4.79 Å². The fourth-order valence-corrected chi connectivity index (χ4v) is 3.53. The summed E-state index contributed by atoms with van der Waals surface area (Å²) in [6.45, 7) is 3.37. The number of H-pyrrole nitrogens is 1. The number of carboxylic acids is 2. The lowest BCUT2D eigenvalue weighted by molar-refractivity contribution is -0.134. The number of amides is 1. The lowest BCUT2D eigenvalue weighted by atomic mass is 9.99. The summed E-state index contributed by atoms with van der Waals surface area (Å²) in [5.41, 5.74) is 1.76. The van der Waals surface area contributed by atoms with Gasteiger partial charge in [0.2, 0.25) is 0 Å². The first-order chi connectivity index (χ1) is 12.9. The van der Waals surface area contributed by atoms with Crippen molar-refractivity contribution in [2.24, 2.45) is 5.92 Å². The quantitative estimate of drug-likeness (QED) is 0.601. The number of carbonyl (C=O) groups excluding carboxylic acids is 1. The van der Waals surface area contributed by atoms with Gasteiger partial charge in [0, 0.05) is 48.6 Å². The Labute approximate surface area is 155 Å². The van der Waals surface area contributed by atoms with Crippen LogP contribution >= 0.6 is 0 Å². The van der Waals surface area contributed by atoms with Crippen molar-refractivity contribution >= 4 is 28.7 Å². The van der Waals surface area contributed by atoms with E-state index in [-0.39, 0.29) is 5.91 Å². The van der Waals surface area contributed by atoms with Crippen molar-refractivity contribution in [2.75, 3.05) is 19.6 Å². The Morgan fingerprint density at radius 1 is 1.11 bits per heavy atom. The zero-order valence-corrected chi connectivity index (χ0v) is 14.6. The SMILES string of the molecule is O=C(NC1CN2CC[C@H]1C2)c1ccc2cc[nH]c2c1.O=C(O)/C=C/C(=O)O. The van der Waals surface area contributed by atoms with Crippen LogP contribution in [0.2, 0.25) is 0 Å². The molecule has 2 unspecified atom stereocenters. The van der Waals surface area contributed by atoms with Crippen molar-refractivity contribution in [3.05, 3.63) is 48.2 Å². The average Bonchev–Trinajstić information content (AvgIpc) is 3.36. The maximum atomic E-state index is 12.3. The molecule has 3 heterocycles. The fourth-order valence-electron chi connectivity index (χ4n) is 3.53. The first-order valence-electron chi connectivity index (χ1n) is 8.66. The Morgan fingerprint density at radius 2 is 1.85 bits per heavy atom. The van der Waals surface area contributed by atoms with Crippen LogP contribution in [-0.2, 0) is 9.59 Å². The number of fused-ring (bicyclic) bond motifs is 3. The number of piperidine rings is 1. The molecule has 2 aliphatic rings. The summed E-state index contributed by atoms with van der Waals surface area (Å²) in [5.74, 6) is -1.81. The molecule has 2 saturated heterocycles. The van der Waals surface area contributed by atoms with Crippen LogP contribution in [-0.4, -0.2) is 63.6 Å². The second-order valence-corrected chi connectivity index (χ2v) is 6.68. The third kappa shape index (κ3) is 4.73. The molecule has 8 heteroatoms. The average molecular weight is 371 g/mol. The molecular formula is C19H21N3O5. The van der Waals surface area contributed by atoms with E-state index in [4.69, 9.17) is 10.2 Å². The number of nitrogens with one attached hydrogen (secondary N) is 2. The molecule has 2 aromatic rings. The van der Waals surface area contributed by atoms with E-state index in [1.165, 1.54) is 13.0 Å². The van der Waals surface area contributed by atoms with Crippen molar-refractivity contribution in [3.63, 3.8) is 0 Å². The lowest BCUT2D eigenvalue weighted by Crippen LogP contribution is -2.43. The second-order valence-electron chi connectivity index (χ2n) is 6.68. The summed E-state index contributed by atoms with van der Waals surface area (Å²) in [6, 6.07) is 8.17. The Balaban J connectivity index is 0.000000226. The predicted molar refractivity (Wildman–Crippen MR) is 98.5 cm³/mol. The Bertz CT molecular complexity index is 872. The van der Waals surface area contributed by atoms with E-state index in [0.717, 1.165) is 29.6 Å². The number of aromatic nitrogens is 1. The number of rotatable bonds is 4. The molecule has 1 aromatic carbocycles. The van der Waals surface area contributed by atoms with Gasteiger partial charge in [0.1, 0.15) is 0 Å². The lowest BCUT2D eigenvalue weighted by Gasteiger charge is -2.23. The fraction of sp³-hybridized carbons (Fsp3) is 0.316. The van der Waals surface area contributed by atoms with Gasteiger partial charge in [0.05, 0.1) is 0 Å². The first-order valence-corrected chi connectivity index (χ1v) is 8.66. The zero-order valence-electron chi connectivity index (χ0n) is 14.6. The summed E-state index contributed by atoms with van der Waals surface area (Å²) >= 11 is 0. The van der Waals surface area contributed by atoms with Crippen LogP contribution in [0.25, 0.3) is 10.9 Å². The molecule has 0 radical (unpaired) electrons. The number of hydrogen-bond donors (Lipinski definition) is 4. The van der Waals surface area contributed by atoms with Gasteiger partial charge in [-0.15, -0.1) is 0 Å². The monoisotopic (exact) mass is 371 g/mol. The minimum Gasteiger partial charge on any atom is -0.478 e. The standard InChI is InChI=1S/C15H17N3O.C4H4O4/c19-15(17-14-9-18-6-4-12(14)8-18)11-2-1-10-3-5-16-13(10)7-11;5-3(6)1-2-4(7)8/h1-3,5,7,12,14,16H,4,6,8-9H2,(H,17,19);1-2H,(H,5,6)(H,7,8)/b;2-1+/t12-,14?;/m0./s1. The summed E-state index contributed by atoms with van der Waals surface area (Å²) in [5, 5.41) is 20.0. The van der Waals surface area contributed by atoms with Gasteiger partial charge in [-0.05, 0) is 42.5 Å². The van der Waals surface area contributed by atoms with Gasteiger partial charge in [-0.25, -0.2) is 9.59 Å². The molecule has 1 amide bonds. The molecule has 2 fully saturated rings. The summed E-state index contributed by atoms with van der Waals surface area (Å²) in [7, 11) is 0. The highest BCUT2D eigenvalue weighted by Gasteiger charge is 2.38. The largest absolute Gasteiger partial charge is 0.478 e. The summed E-state index contributed by atoms with van der Waals surface area (Å²) in [6.07, 6.45) is 4.24. The number of hydrogen-bond acceptors (Lipinski definition) is 4. The molecule has 4 rings (SSSR count). The normalized spacial score (nSPS) is 23.2. The van der Waals surface area contributed by atoms with Crippen LogP contribution in [0.5, 0.6) is 0 Å². The highest BCUT2D eigenvalue weighted by Crippen LogP contribution is 2.28. The Kier molecular flexibility index (Phi) is 5.56. The van der Waals surface area contributed by atoms with E-state index >= 15 is 0 Å². The number of benzene rings is 1. The van der Waals surface area contributed by atoms with Crippen molar-refractivity contribution in [2.45, 2.75) is 12.5 Å². The summed E-state index contributed by atoms with van der Waals surface area (Å²) < 4.78 is 0. The van der Waals surface area contributed by atoms with E-state index in [2.05, 4.69) is 15.2 Å². The van der Waals surface area contributed by atoms with Gasteiger partial charge in [-0.2, -0.15) is 0 Å². The van der Waals surface area contributed by atoms with Gasteiger partial charge in [0.25, 0.3) is 5.91 Å². The smallest absolute Gasteiger partial charge is 0.328 e. The van der Waals surface area contributed by atoms with Crippen molar-refractivity contribution in [1.29, 1.82) is 0 Å². The van der Waals surface area contributed by atoms with Gasteiger partial charge >= 0.3 is 11.9 Å². The van der Waals surface area contributed by atoms with Crippen LogP contribution in [0.15, 0.2) is 42.6 Å². The molecule has 4 N–H and O–H groups in total. The number of aliphatic carboxylic acids is 2. The van der Waals surface area contributed by atoms with Crippen molar-refractivity contribution in [3.8, 4) is 0 Å². The third-order valence-electron chi connectivity index (χ3n) is 4.83. The van der Waals surface area contributed by atoms with Crippen LogP contribution in [0.4, 0.5) is 0 Å². The number of nitrogens with zero attached hydrogens (tertiary/aromatic N) is 1. The molecular weight excluding hydrogens is 350 g/mol. The van der Waals surface area contributed by atoms with E-state index in [0.29, 0.717) is 24.1 Å². The Hall–Kier alpha value is -3.13. The van der Waals surface area contributed by atoms with Gasteiger partial charge in [-0.1, -0.05) is 6.07 Å². The highest BCUT2D eigenvalue weighted by atomic mass is 16.4. The molecule has 3 atom stereocenters. The zero-order chi connectivity index (χ0) is 19.4. The number of carbonyl (C=O) groups is 3. The highest BCUT2D eigenvalue weighted by molar-refractivity contribution is 5.98. The summed E-state index contributed by atoms with van der Waals surface area (Å²) in [4.78, 5) is 37.0. The van der Waals surface area contributed by atoms with E-state index in [1.807, 2.05) is 30.5 Å².